The van der Waals surface area contributed by atoms with E-state index in [1.165, 1.54) is 13.8 Å². The zero-order valence-corrected chi connectivity index (χ0v) is 9.43. The third-order valence-electron chi connectivity index (χ3n) is 2.01. The molecular weight excluding hydrogens is 249 g/mol. The molecule has 0 aliphatic heterocycles. The van der Waals surface area contributed by atoms with Crippen molar-refractivity contribution in [3.63, 3.8) is 0 Å². The molecule has 0 aliphatic carbocycles. The third-order valence-corrected chi connectivity index (χ3v) is 2.64. The van der Waals surface area contributed by atoms with Crippen molar-refractivity contribution in [2.45, 2.75) is 19.5 Å². The Morgan fingerprint density at radius 1 is 1.43 bits per heavy atom. The smallest absolute Gasteiger partial charge is 0.181 e. The second-order valence-electron chi connectivity index (χ2n) is 3.62. The quantitative estimate of drug-likeness (QED) is 0.777. The second-order valence-corrected chi connectivity index (χ2v) is 4.47. The number of aromatic nitrogens is 1. The van der Waals surface area contributed by atoms with E-state index in [2.05, 4.69) is 21.1 Å². The predicted molar refractivity (Wildman–Crippen MR) is 55.8 cm³/mol. The van der Waals surface area contributed by atoms with Crippen LogP contribution in [0.5, 0.6) is 0 Å². The van der Waals surface area contributed by atoms with Gasteiger partial charge in [-0.1, -0.05) is 11.2 Å². The number of benzene rings is 1. The lowest BCUT2D eigenvalue weighted by atomic mass is 10.0. The van der Waals surface area contributed by atoms with Crippen molar-refractivity contribution in [2.24, 2.45) is 0 Å². The number of alkyl halides is 1. The van der Waals surface area contributed by atoms with Crippen LogP contribution in [0, 0.1) is 0 Å². The van der Waals surface area contributed by atoms with E-state index < -0.39 is 5.67 Å². The Kier molecular flexibility index (Phi) is 2.10. The van der Waals surface area contributed by atoms with Crippen LogP contribution in [0.15, 0.2) is 27.2 Å². The molecular formula is C10H9BrFNO. The van der Waals surface area contributed by atoms with Gasteiger partial charge in [-0.3, -0.25) is 0 Å². The van der Waals surface area contributed by atoms with Crippen molar-refractivity contribution in [1.82, 2.24) is 5.16 Å². The number of para-hydroxylation sites is 1. The molecule has 1 aromatic heterocycles. The van der Waals surface area contributed by atoms with Gasteiger partial charge in [-0.15, -0.1) is 0 Å². The average molecular weight is 258 g/mol. The maximum absolute atomic E-state index is 13.7. The van der Waals surface area contributed by atoms with Gasteiger partial charge >= 0.3 is 0 Å². The zero-order chi connectivity index (χ0) is 10.3. The lowest BCUT2D eigenvalue weighted by molar-refractivity contribution is 0.207. The molecule has 0 N–H and O–H groups in total. The van der Waals surface area contributed by atoms with Gasteiger partial charge in [0.25, 0.3) is 0 Å². The van der Waals surface area contributed by atoms with E-state index in [-0.39, 0.29) is 0 Å². The molecule has 2 rings (SSSR count). The SMILES string of the molecule is CC(C)(F)c1noc2c(Br)cccc12. The van der Waals surface area contributed by atoms with Crippen molar-refractivity contribution in [2.75, 3.05) is 0 Å². The summed E-state index contributed by atoms with van der Waals surface area (Å²) in [6, 6.07) is 5.47. The Hall–Kier alpha value is -0.900. The van der Waals surface area contributed by atoms with E-state index in [1.54, 1.807) is 6.07 Å². The van der Waals surface area contributed by atoms with Gasteiger partial charge in [0.2, 0.25) is 0 Å². The highest BCUT2D eigenvalue weighted by Gasteiger charge is 2.26. The summed E-state index contributed by atoms with van der Waals surface area (Å²) in [7, 11) is 0. The van der Waals surface area contributed by atoms with Gasteiger partial charge in [-0.05, 0) is 41.9 Å². The minimum atomic E-state index is -1.48. The fraction of sp³-hybridized carbons (Fsp3) is 0.300. The monoisotopic (exact) mass is 257 g/mol. The standard InChI is InChI=1S/C10H9BrFNO/c1-10(2,12)9-6-4-3-5-7(11)8(6)14-13-9/h3-5H,1-2H3. The van der Waals surface area contributed by atoms with Crippen LogP contribution in [-0.2, 0) is 5.67 Å². The number of halogens is 2. The highest BCUT2D eigenvalue weighted by molar-refractivity contribution is 9.10. The Bertz CT molecular complexity index is 472. The van der Waals surface area contributed by atoms with E-state index in [0.29, 0.717) is 16.7 Å². The summed E-state index contributed by atoms with van der Waals surface area (Å²) in [6.45, 7) is 2.93. The first kappa shape index (κ1) is 9.65. The molecule has 0 saturated carbocycles. The number of hydrogen-bond donors (Lipinski definition) is 0. The summed E-state index contributed by atoms with van der Waals surface area (Å²) in [5.74, 6) is 0. The molecule has 0 atom stereocenters. The largest absolute Gasteiger partial charge is 0.355 e. The average Bonchev–Trinajstić information content (AvgIpc) is 2.47. The summed E-state index contributed by atoms with van der Waals surface area (Å²) >= 11 is 3.32. The van der Waals surface area contributed by atoms with Crippen LogP contribution in [0.25, 0.3) is 11.0 Å². The van der Waals surface area contributed by atoms with Gasteiger partial charge in [0, 0.05) is 5.39 Å². The van der Waals surface area contributed by atoms with Crippen molar-refractivity contribution >= 4 is 26.9 Å². The molecule has 0 saturated heterocycles. The van der Waals surface area contributed by atoms with Crippen LogP contribution in [-0.4, -0.2) is 5.16 Å². The van der Waals surface area contributed by atoms with E-state index in [1.807, 2.05) is 12.1 Å². The van der Waals surface area contributed by atoms with E-state index >= 15 is 0 Å². The molecule has 0 unspecified atom stereocenters. The van der Waals surface area contributed by atoms with Gasteiger partial charge < -0.3 is 4.52 Å². The first-order valence-corrected chi connectivity index (χ1v) is 5.03. The number of hydrogen-bond acceptors (Lipinski definition) is 2. The van der Waals surface area contributed by atoms with Crippen LogP contribution in [0.1, 0.15) is 19.5 Å². The molecule has 2 nitrogen and oxygen atoms in total. The molecule has 0 spiro atoms. The minimum Gasteiger partial charge on any atom is -0.355 e. The lowest BCUT2D eigenvalue weighted by Gasteiger charge is -2.09. The fourth-order valence-corrected chi connectivity index (χ4v) is 1.80. The second kappa shape index (κ2) is 3.05. The van der Waals surface area contributed by atoms with Crippen LogP contribution in [0.2, 0.25) is 0 Å². The summed E-state index contributed by atoms with van der Waals surface area (Å²) in [5, 5.41) is 4.46. The van der Waals surface area contributed by atoms with Gasteiger partial charge in [-0.25, -0.2) is 4.39 Å². The van der Waals surface area contributed by atoms with Crippen molar-refractivity contribution in [3.05, 3.63) is 28.4 Å². The third kappa shape index (κ3) is 1.43. The molecule has 0 aliphatic rings. The summed E-state index contributed by atoms with van der Waals surface area (Å²) in [6.07, 6.45) is 0. The Morgan fingerprint density at radius 2 is 2.14 bits per heavy atom. The van der Waals surface area contributed by atoms with Crippen LogP contribution >= 0.6 is 15.9 Å². The Morgan fingerprint density at radius 3 is 2.79 bits per heavy atom. The fourth-order valence-electron chi connectivity index (χ4n) is 1.36. The lowest BCUT2D eigenvalue weighted by Crippen LogP contribution is -2.09. The summed E-state index contributed by atoms with van der Waals surface area (Å²) < 4.78 is 19.5. The van der Waals surface area contributed by atoms with Gasteiger partial charge in [0.1, 0.15) is 5.69 Å². The van der Waals surface area contributed by atoms with Crippen molar-refractivity contribution in [3.8, 4) is 0 Å². The molecule has 74 valence electrons. The van der Waals surface area contributed by atoms with Crippen LogP contribution < -0.4 is 0 Å². The molecule has 0 radical (unpaired) electrons. The molecule has 4 heteroatoms. The maximum Gasteiger partial charge on any atom is 0.181 e. The summed E-state index contributed by atoms with van der Waals surface area (Å²) in [5.41, 5.74) is -0.548. The summed E-state index contributed by atoms with van der Waals surface area (Å²) in [4.78, 5) is 0. The normalized spacial score (nSPS) is 12.3. The molecule has 0 amide bonds. The Balaban J connectivity index is 2.76. The van der Waals surface area contributed by atoms with E-state index in [9.17, 15) is 4.39 Å². The van der Waals surface area contributed by atoms with E-state index in [4.69, 9.17) is 4.52 Å². The predicted octanol–water partition coefficient (Wildman–Crippen LogP) is 3.79. The molecule has 1 aromatic carbocycles. The zero-order valence-electron chi connectivity index (χ0n) is 7.84. The minimum absolute atomic E-state index is 0.341. The topological polar surface area (TPSA) is 26.0 Å². The van der Waals surface area contributed by atoms with Gasteiger partial charge in [0.15, 0.2) is 11.3 Å². The number of fused-ring (bicyclic) bond motifs is 1. The molecule has 1 heterocycles. The molecule has 14 heavy (non-hydrogen) atoms. The van der Waals surface area contributed by atoms with Crippen LogP contribution in [0.4, 0.5) is 4.39 Å². The molecule has 0 bridgehead atoms. The first-order chi connectivity index (χ1) is 6.50. The highest BCUT2D eigenvalue weighted by Crippen LogP contribution is 2.33. The maximum atomic E-state index is 13.7. The van der Waals surface area contributed by atoms with Crippen molar-refractivity contribution < 1.29 is 8.91 Å². The molecule has 0 fully saturated rings. The van der Waals surface area contributed by atoms with Gasteiger partial charge in [-0.2, -0.15) is 0 Å². The molecule has 2 aromatic rings. The first-order valence-electron chi connectivity index (χ1n) is 4.23. The van der Waals surface area contributed by atoms with E-state index in [0.717, 1.165) is 4.47 Å². The number of rotatable bonds is 1. The van der Waals surface area contributed by atoms with Gasteiger partial charge in [0.05, 0.1) is 4.47 Å². The van der Waals surface area contributed by atoms with Crippen LogP contribution in [0.3, 0.4) is 0 Å². The van der Waals surface area contributed by atoms with Crippen molar-refractivity contribution in [1.29, 1.82) is 0 Å². The number of nitrogens with zero attached hydrogens (tertiary/aromatic N) is 1. The Labute approximate surface area is 89.2 Å². The highest BCUT2D eigenvalue weighted by atomic mass is 79.9.